The van der Waals surface area contributed by atoms with Crippen molar-refractivity contribution >= 4 is 11.6 Å². The van der Waals surface area contributed by atoms with Crippen molar-refractivity contribution in [3.05, 3.63) is 59.5 Å². The van der Waals surface area contributed by atoms with Crippen molar-refractivity contribution in [2.24, 2.45) is 0 Å². The lowest BCUT2D eigenvalue weighted by Crippen LogP contribution is -2.04. The smallest absolute Gasteiger partial charge is 0.341 e. The van der Waals surface area contributed by atoms with Gasteiger partial charge in [-0.1, -0.05) is 17.7 Å². The van der Waals surface area contributed by atoms with E-state index in [1.54, 1.807) is 22.8 Å². The first-order valence-electron chi connectivity index (χ1n) is 6.79. The van der Waals surface area contributed by atoms with Crippen LogP contribution < -0.4 is 4.74 Å². The highest BCUT2D eigenvalue weighted by molar-refractivity contribution is 5.95. The number of hydrogen-bond donors (Lipinski definition) is 0. The molecule has 0 spiro atoms. The molecule has 1 aromatic carbocycles. The number of esters is 1. The number of fused-ring (bicyclic) bond motifs is 1. The Morgan fingerprint density at radius 2 is 2.00 bits per heavy atom. The summed E-state index contributed by atoms with van der Waals surface area (Å²) in [7, 11) is 1.34. The molecule has 0 N–H and O–H groups in total. The van der Waals surface area contributed by atoms with Crippen LogP contribution in [0.4, 0.5) is 0 Å². The number of carbonyl (C=O) groups is 1. The number of aryl methyl sites for hydroxylation is 1. The van der Waals surface area contributed by atoms with Gasteiger partial charge < -0.3 is 9.47 Å². The molecule has 22 heavy (non-hydrogen) atoms. The highest BCUT2D eigenvalue weighted by Crippen LogP contribution is 2.14. The summed E-state index contributed by atoms with van der Waals surface area (Å²) in [6.45, 7) is 2.24. The number of rotatable bonds is 4. The van der Waals surface area contributed by atoms with Gasteiger partial charge in [0.05, 0.1) is 7.11 Å². The van der Waals surface area contributed by atoms with E-state index in [0.29, 0.717) is 17.0 Å². The second kappa shape index (κ2) is 5.85. The maximum Gasteiger partial charge on any atom is 0.341 e. The minimum absolute atomic E-state index is 0.228. The van der Waals surface area contributed by atoms with Crippen molar-refractivity contribution in [3.8, 4) is 5.75 Å². The van der Waals surface area contributed by atoms with Gasteiger partial charge in [-0.25, -0.2) is 14.3 Å². The van der Waals surface area contributed by atoms with Crippen LogP contribution in [0.3, 0.4) is 0 Å². The van der Waals surface area contributed by atoms with Gasteiger partial charge in [-0.2, -0.15) is 0 Å². The Morgan fingerprint density at radius 1 is 1.23 bits per heavy atom. The number of pyridine rings is 1. The van der Waals surface area contributed by atoms with E-state index in [1.807, 2.05) is 31.2 Å². The van der Waals surface area contributed by atoms with Crippen LogP contribution in [0.1, 0.15) is 21.7 Å². The third-order valence-electron chi connectivity index (χ3n) is 3.20. The summed E-state index contributed by atoms with van der Waals surface area (Å²) in [5.41, 5.74) is 2.00. The molecular formula is C16H15N3O3. The molecule has 3 aromatic rings. The number of benzene rings is 1. The fourth-order valence-corrected chi connectivity index (χ4v) is 2.06. The van der Waals surface area contributed by atoms with Crippen LogP contribution in [-0.4, -0.2) is 27.7 Å². The highest BCUT2D eigenvalue weighted by Gasteiger charge is 2.14. The molecule has 6 nitrogen and oxygen atoms in total. The van der Waals surface area contributed by atoms with Crippen molar-refractivity contribution in [1.82, 2.24) is 14.6 Å². The van der Waals surface area contributed by atoms with Crippen LogP contribution in [-0.2, 0) is 11.3 Å². The summed E-state index contributed by atoms with van der Waals surface area (Å²) in [5.74, 6) is 0.804. The van der Waals surface area contributed by atoms with Gasteiger partial charge in [0.1, 0.15) is 17.9 Å². The van der Waals surface area contributed by atoms with Gasteiger partial charge in [-0.3, -0.25) is 0 Å². The van der Waals surface area contributed by atoms with E-state index in [0.717, 1.165) is 5.75 Å². The summed E-state index contributed by atoms with van der Waals surface area (Å²) >= 11 is 0. The zero-order valence-electron chi connectivity index (χ0n) is 12.3. The molecule has 0 radical (unpaired) electrons. The molecule has 3 rings (SSSR count). The lowest BCUT2D eigenvalue weighted by atomic mass is 10.2. The zero-order chi connectivity index (χ0) is 15.5. The normalized spacial score (nSPS) is 10.6. The molecule has 0 bridgehead atoms. The Kier molecular flexibility index (Phi) is 3.74. The lowest BCUT2D eigenvalue weighted by molar-refractivity contribution is 0.0602. The quantitative estimate of drug-likeness (QED) is 0.692. The largest absolute Gasteiger partial charge is 0.486 e. The predicted molar refractivity (Wildman–Crippen MR) is 79.8 cm³/mol. The molecule has 2 aromatic heterocycles. The summed E-state index contributed by atoms with van der Waals surface area (Å²) in [6.07, 6.45) is 1.73. The maximum atomic E-state index is 11.7. The van der Waals surface area contributed by atoms with Gasteiger partial charge in [0.25, 0.3) is 0 Å². The van der Waals surface area contributed by atoms with E-state index >= 15 is 0 Å². The van der Waals surface area contributed by atoms with Gasteiger partial charge in [0, 0.05) is 6.20 Å². The minimum atomic E-state index is -0.441. The standard InChI is InChI=1S/C16H15N3O3/c1-11-5-7-12(8-6-11)22-10-14-17-15-13(16(20)21-2)4-3-9-19(15)18-14/h3-9H,10H2,1-2H3. The average molecular weight is 297 g/mol. The summed E-state index contributed by atoms with van der Waals surface area (Å²) < 4.78 is 11.9. The predicted octanol–water partition coefficient (Wildman–Crippen LogP) is 2.40. The van der Waals surface area contributed by atoms with Crippen LogP contribution in [0, 0.1) is 6.92 Å². The molecule has 0 aliphatic heterocycles. The third kappa shape index (κ3) is 2.76. The molecule has 0 unspecified atom stereocenters. The van der Waals surface area contributed by atoms with E-state index in [-0.39, 0.29) is 6.61 Å². The molecule has 0 atom stereocenters. The number of carbonyl (C=O) groups excluding carboxylic acids is 1. The molecule has 0 saturated carbocycles. The molecule has 0 fully saturated rings. The minimum Gasteiger partial charge on any atom is -0.486 e. The second-order valence-corrected chi connectivity index (χ2v) is 4.81. The number of ether oxygens (including phenoxy) is 2. The lowest BCUT2D eigenvalue weighted by Gasteiger charge is -2.03. The Labute approximate surface area is 127 Å². The summed E-state index contributed by atoms with van der Waals surface area (Å²) in [4.78, 5) is 16.1. The number of nitrogens with zero attached hydrogens (tertiary/aromatic N) is 3. The molecule has 0 saturated heterocycles. The topological polar surface area (TPSA) is 65.7 Å². The van der Waals surface area contributed by atoms with Crippen molar-refractivity contribution in [2.75, 3.05) is 7.11 Å². The first kappa shape index (κ1) is 14.1. The van der Waals surface area contributed by atoms with Crippen molar-refractivity contribution in [2.45, 2.75) is 13.5 Å². The fraction of sp³-hybridized carbons (Fsp3) is 0.188. The Bertz CT molecular complexity index is 809. The van der Waals surface area contributed by atoms with Crippen LogP contribution in [0.25, 0.3) is 5.65 Å². The third-order valence-corrected chi connectivity index (χ3v) is 3.20. The Hall–Kier alpha value is -2.89. The number of hydrogen-bond acceptors (Lipinski definition) is 5. The molecular weight excluding hydrogens is 282 g/mol. The van der Waals surface area contributed by atoms with Gasteiger partial charge in [-0.05, 0) is 31.2 Å². The van der Waals surface area contributed by atoms with E-state index in [2.05, 4.69) is 10.1 Å². The SMILES string of the molecule is COC(=O)c1cccn2nc(COc3ccc(C)cc3)nc12. The Balaban J connectivity index is 1.83. The first-order valence-corrected chi connectivity index (χ1v) is 6.79. The van der Waals surface area contributed by atoms with Gasteiger partial charge in [-0.15, -0.1) is 5.10 Å². The molecule has 112 valence electrons. The van der Waals surface area contributed by atoms with E-state index in [9.17, 15) is 4.79 Å². The van der Waals surface area contributed by atoms with Crippen molar-refractivity contribution in [3.63, 3.8) is 0 Å². The van der Waals surface area contributed by atoms with E-state index in [4.69, 9.17) is 9.47 Å². The molecule has 0 aliphatic carbocycles. The van der Waals surface area contributed by atoms with Crippen LogP contribution in [0.5, 0.6) is 5.75 Å². The van der Waals surface area contributed by atoms with Crippen molar-refractivity contribution in [1.29, 1.82) is 0 Å². The number of aromatic nitrogens is 3. The van der Waals surface area contributed by atoms with Gasteiger partial charge >= 0.3 is 5.97 Å². The second-order valence-electron chi connectivity index (χ2n) is 4.81. The van der Waals surface area contributed by atoms with Crippen molar-refractivity contribution < 1.29 is 14.3 Å². The van der Waals surface area contributed by atoms with Crippen LogP contribution in [0.2, 0.25) is 0 Å². The molecule has 6 heteroatoms. The zero-order valence-corrected chi connectivity index (χ0v) is 12.3. The maximum absolute atomic E-state index is 11.7. The highest BCUT2D eigenvalue weighted by atomic mass is 16.5. The summed E-state index contributed by atoms with van der Waals surface area (Å²) in [6, 6.07) is 11.1. The van der Waals surface area contributed by atoms with Gasteiger partial charge in [0.15, 0.2) is 11.5 Å². The first-order chi connectivity index (χ1) is 10.7. The molecule has 0 aliphatic rings. The monoisotopic (exact) mass is 297 g/mol. The van der Waals surface area contributed by atoms with Crippen LogP contribution >= 0.6 is 0 Å². The number of methoxy groups -OCH3 is 1. The van der Waals surface area contributed by atoms with E-state index < -0.39 is 5.97 Å². The summed E-state index contributed by atoms with van der Waals surface area (Å²) in [5, 5.41) is 4.30. The Morgan fingerprint density at radius 3 is 2.73 bits per heavy atom. The fourth-order valence-electron chi connectivity index (χ4n) is 2.06. The average Bonchev–Trinajstić information content (AvgIpc) is 2.96. The van der Waals surface area contributed by atoms with Crippen LogP contribution in [0.15, 0.2) is 42.6 Å². The van der Waals surface area contributed by atoms with E-state index in [1.165, 1.54) is 12.7 Å². The molecule has 2 heterocycles. The van der Waals surface area contributed by atoms with Gasteiger partial charge in [0.2, 0.25) is 0 Å². The molecule has 0 amide bonds.